The first-order valence-corrected chi connectivity index (χ1v) is 7.94. The summed E-state index contributed by atoms with van der Waals surface area (Å²) in [5.41, 5.74) is -0.432. The summed E-state index contributed by atoms with van der Waals surface area (Å²) in [5, 5.41) is 6.28. The first kappa shape index (κ1) is 17.8. The molecule has 0 aliphatic rings. The van der Waals surface area contributed by atoms with E-state index in [2.05, 4.69) is 20.4 Å². The van der Waals surface area contributed by atoms with Gasteiger partial charge in [0.1, 0.15) is 0 Å². The summed E-state index contributed by atoms with van der Waals surface area (Å²) in [6.45, 7) is 4.16. The number of carbonyl (C=O) groups is 1. The van der Waals surface area contributed by atoms with Crippen molar-refractivity contribution in [3.63, 3.8) is 0 Å². The topological polar surface area (TPSA) is 72.2 Å². The summed E-state index contributed by atoms with van der Waals surface area (Å²) in [7, 11) is 0. The molecule has 6 nitrogen and oxygen atoms in total. The Kier molecular flexibility index (Phi) is 4.62. The number of fused-ring (bicyclic) bond motifs is 1. The molecule has 26 heavy (non-hydrogen) atoms. The average molecular weight is 363 g/mol. The number of hydrogen-bond donors (Lipinski definition) is 1. The van der Waals surface area contributed by atoms with Crippen LogP contribution >= 0.6 is 0 Å². The molecule has 0 fully saturated rings. The Labute approximate surface area is 147 Å². The van der Waals surface area contributed by atoms with Gasteiger partial charge >= 0.3 is 6.18 Å². The lowest BCUT2D eigenvalue weighted by Gasteiger charge is -2.10. The smallest absolute Gasteiger partial charge is 0.349 e. The van der Waals surface area contributed by atoms with Crippen LogP contribution in [0, 0.1) is 5.92 Å². The van der Waals surface area contributed by atoms with Crippen LogP contribution in [0.4, 0.5) is 13.2 Å². The summed E-state index contributed by atoms with van der Waals surface area (Å²) >= 11 is 0. The van der Waals surface area contributed by atoms with Crippen molar-refractivity contribution in [3.05, 3.63) is 47.9 Å². The van der Waals surface area contributed by atoms with Gasteiger partial charge in [-0.1, -0.05) is 44.2 Å². The van der Waals surface area contributed by atoms with E-state index in [0.717, 1.165) is 6.07 Å². The Morgan fingerprint density at radius 1 is 1.19 bits per heavy atom. The fraction of sp³-hybridized carbons (Fsp3) is 0.294. The van der Waals surface area contributed by atoms with Gasteiger partial charge < -0.3 is 5.32 Å². The van der Waals surface area contributed by atoms with Gasteiger partial charge in [-0.05, 0) is 12.0 Å². The third kappa shape index (κ3) is 3.66. The normalized spacial score (nSPS) is 11.9. The van der Waals surface area contributed by atoms with Crippen LogP contribution in [0.5, 0.6) is 0 Å². The molecule has 1 aromatic carbocycles. The minimum Gasteiger partial charge on any atom is -0.349 e. The molecule has 0 atom stereocenters. The number of benzene rings is 1. The maximum absolute atomic E-state index is 13.5. The highest BCUT2D eigenvalue weighted by atomic mass is 19.4. The van der Waals surface area contributed by atoms with Crippen molar-refractivity contribution < 1.29 is 18.0 Å². The monoisotopic (exact) mass is 363 g/mol. The van der Waals surface area contributed by atoms with Crippen LogP contribution in [0.25, 0.3) is 17.0 Å². The summed E-state index contributed by atoms with van der Waals surface area (Å²) in [6, 6.07) is 9.33. The number of aromatic nitrogens is 4. The van der Waals surface area contributed by atoms with Crippen molar-refractivity contribution in [2.24, 2.45) is 5.92 Å². The quantitative estimate of drug-likeness (QED) is 0.773. The van der Waals surface area contributed by atoms with Crippen LogP contribution in [-0.4, -0.2) is 32.0 Å². The predicted molar refractivity (Wildman–Crippen MR) is 88.4 cm³/mol. The first-order chi connectivity index (χ1) is 12.3. The lowest BCUT2D eigenvalue weighted by Crippen LogP contribution is -2.28. The van der Waals surface area contributed by atoms with Crippen molar-refractivity contribution in [3.8, 4) is 11.3 Å². The minimum absolute atomic E-state index is 0.104. The number of halogens is 3. The molecule has 2 heterocycles. The zero-order valence-corrected chi connectivity index (χ0v) is 14.1. The third-order valence-corrected chi connectivity index (χ3v) is 3.55. The Bertz CT molecular complexity index is 935. The van der Waals surface area contributed by atoms with Crippen LogP contribution in [-0.2, 0) is 6.18 Å². The van der Waals surface area contributed by atoms with E-state index >= 15 is 0 Å². The van der Waals surface area contributed by atoms with E-state index in [1.165, 1.54) is 0 Å². The Morgan fingerprint density at radius 2 is 1.88 bits per heavy atom. The molecule has 3 rings (SSSR count). The summed E-state index contributed by atoms with van der Waals surface area (Å²) in [5.74, 6) is -1.09. The highest BCUT2D eigenvalue weighted by Gasteiger charge is 2.36. The average Bonchev–Trinajstić information content (AvgIpc) is 3.02. The van der Waals surface area contributed by atoms with Crippen LogP contribution < -0.4 is 5.32 Å². The Morgan fingerprint density at radius 3 is 2.50 bits per heavy atom. The van der Waals surface area contributed by atoms with Crippen molar-refractivity contribution in [1.82, 2.24) is 24.9 Å². The predicted octanol–water partition coefficient (Wildman–Crippen LogP) is 3.20. The summed E-state index contributed by atoms with van der Waals surface area (Å²) in [6.07, 6.45) is -4.68. The zero-order valence-electron chi connectivity index (χ0n) is 14.1. The SMILES string of the molecule is CC(C)CNC(=O)c1nc2nc(-c3ccccc3)cc(C(F)(F)F)n2n1. The van der Waals surface area contributed by atoms with Crippen LogP contribution in [0.3, 0.4) is 0 Å². The lowest BCUT2D eigenvalue weighted by molar-refractivity contribution is -0.142. The molecular weight excluding hydrogens is 347 g/mol. The number of hydrogen-bond acceptors (Lipinski definition) is 4. The highest BCUT2D eigenvalue weighted by Crippen LogP contribution is 2.31. The number of nitrogens with one attached hydrogen (secondary N) is 1. The maximum atomic E-state index is 13.5. The largest absolute Gasteiger partial charge is 0.433 e. The van der Waals surface area contributed by atoms with E-state index in [4.69, 9.17) is 0 Å². The molecule has 0 bridgehead atoms. The standard InChI is InChI=1S/C17H16F3N5O/c1-10(2)9-21-15(26)14-23-16-22-12(11-6-4-3-5-7-11)8-13(17(18,19)20)25(16)24-14/h3-8,10H,9H2,1-2H3,(H,21,26). The van der Waals surface area contributed by atoms with Gasteiger partial charge in [-0.15, -0.1) is 5.10 Å². The van der Waals surface area contributed by atoms with E-state index in [1.54, 1.807) is 30.3 Å². The minimum atomic E-state index is -4.68. The van der Waals surface area contributed by atoms with Gasteiger partial charge in [0.05, 0.1) is 5.69 Å². The molecular formula is C17H16F3N5O. The summed E-state index contributed by atoms with van der Waals surface area (Å²) in [4.78, 5) is 20.1. The molecule has 1 amide bonds. The molecule has 3 aromatic rings. The first-order valence-electron chi connectivity index (χ1n) is 7.94. The molecule has 0 saturated carbocycles. The van der Waals surface area contributed by atoms with E-state index in [-0.39, 0.29) is 23.2 Å². The number of nitrogens with zero attached hydrogens (tertiary/aromatic N) is 4. The van der Waals surface area contributed by atoms with Crippen LogP contribution in [0.15, 0.2) is 36.4 Å². The van der Waals surface area contributed by atoms with Crippen LogP contribution in [0.1, 0.15) is 30.2 Å². The molecule has 0 radical (unpaired) electrons. The van der Waals surface area contributed by atoms with Gasteiger partial charge in [-0.3, -0.25) is 4.79 Å². The molecule has 0 unspecified atom stereocenters. The molecule has 0 aliphatic carbocycles. The molecule has 9 heteroatoms. The van der Waals surface area contributed by atoms with Crippen molar-refractivity contribution in [2.75, 3.05) is 6.54 Å². The fourth-order valence-corrected chi connectivity index (χ4v) is 2.30. The molecule has 0 aliphatic heterocycles. The third-order valence-electron chi connectivity index (χ3n) is 3.55. The number of carbonyl (C=O) groups excluding carboxylic acids is 1. The highest BCUT2D eigenvalue weighted by molar-refractivity contribution is 5.90. The van der Waals surface area contributed by atoms with Gasteiger partial charge in [0.2, 0.25) is 5.82 Å². The molecule has 1 N–H and O–H groups in total. The fourth-order valence-electron chi connectivity index (χ4n) is 2.30. The van der Waals surface area contributed by atoms with Crippen molar-refractivity contribution >= 4 is 11.7 Å². The Hall–Kier alpha value is -2.97. The van der Waals surface area contributed by atoms with Gasteiger partial charge in [-0.2, -0.15) is 22.7 Å². The number of alkyl halides is 3. The van der Waals surface area contributed by atoms with Crippen molar-refractivity contribution in [1.29, 1.82) is 0 Å². The van der Waals surface area contributed by atoms with E-state index in [0.29, 0.717) is 16.6 Å². The molecule has 0 spiro atoms. The Balaban J connectivity index is 2.10. The van der Waals surface area contributed by atoms with Gasteiger partial charge in [0, 0.05) is 12.1 Å². The van der Waals surface area contributed by atoms with Crippen molar-refractivity contribution in [2.45, 2.75) is 20.0 Å². The van der Waals surface area contributed by atoms with Gasteiger partial charge in [0.15, 0.2) is 5.69 Å². The van der Waals surface area contributed by atoms with Gasteiger partial charge in [0.25, 0.3) is 11.7 Å². The lowest BCUT2D eigenvalue weighted by atomic mass is 10.1. The summed E-state index contributed by atoms with van der Waals surface area (Å²) < 4.78 is 40.9. The second kappa shape index (κ2) is 6.74. The van der Waals surface area contributed by atoms with E-state index in [1.807, 2.05) is 13.8 Å². The molecule has 0 saturated heterocycles. The number of rotatable bonds is 4. The molecule has 136 valence electrons. The van der Waals surface area contributed by atoms with E-state index < -0.39 is 17.8 Å². The van der Waals surface area contributed by atoms with E-state index in [9.17, 15) is 18.0 Å². The molecule has 2 aromatic heterocycles. The van der Waals surface area contributed by atoms with Crippen LogP contribution in [0.2, 0.25) is 0 Å². The number of amides is 1. The maximum Gasteiger partial charge on any atom is 0.433 e. The second-order valence-corrected chi connectivity index (χ2v) is 6.14. The van der Waals surface area contributed by atoms with Gasteiger partial charge in [-0.25, -0.2) is 4.98 Å². The zero-order chi connectivity index (χ0) is 18.9. The second-order valence-electron chi connectivity index (χ2n) is 6.14.